The van der Waals surface area contributed by atoms with Crippen LogP contribution in [-0.2, 0) is 11.3 Å². The predicted molar refractivity (Wildman–Crippen MR) is 131 cm³/mol. The standard InChI is InChI=1S/C22H30N4O3.HI/c1-4-24-22(26(3)12-13-28-19-10-8-17(2)9-11-19)25-15-18-6-5-7-20(14-18)29-16-21(23)27;/h5-11,14H,4,12-13,15-16H2,1-3H3,(H2,23,27)(H,24,25);1H. The van der Waals surface area contributed by atoms with Gasteiger partial charge in [0.2, 0.25) is 0 Å². The molecule has 30 heavy (non-hydrogen) atoms. The van der Waals surface area contributed by atoms with Gasteiger partial charge in [0.25, 0.3) is 5.91 Å². The molecule has 7 nitrogen and oxygen atoms in total. The lowest BCUT2D eigenvalue weighted by molar-refractivity contribution is -0.119. The summed E-state index contributed by atoms with van der Waals surface area (Å²) in [5.41, 5.74) is 7.30. The second-order valence-electron chi connectivity index (χ2n) is 6.66. The van der Waals surface area contributed by atoms with E-state index in [1.165, 1.54) is 5.56 Å². The van der Waals surface area contributed by atoms with Crippen LogP contribution in [0.3, 0.4) is 0 Å². The molecule has 1 amide bonds. The van der Waals surface area contributed by atoms with Crippen molar-refractivity contribution in [3.63, 3.8) is 0 Å². The van der Waals surface area contributed by atoms with Crippen molar-refractivity contribution < 1.29 is 14.3 Å². The average Bonchev–Trinajstić information content (AvgIpc) is 2.71. The van der Waals surface area contributed by atoms with Gasteiger partial charge >= 0.3 is 0 Å². The number of primary amides is 1. The molecule has 0 saturated heterocycles. The minimum atomic E-state index is -0.502. The maximum Gasteiger partial charge on any atom is 0.255 e. The monoisotopic (exact) mass is 526 g/mol. The van der Waals surface area contributed by atoms with Gasteiger partial charge in [-0.05, 0) is 43.7 Å². The highest BCUT2D eigenvalue weighted by molar-refractivity contribution is 14.0. The van der Waals surface area contributed by atoms with Gasteiger partial charge in [-0.15, -0.1) is 24.0 Å². The largest absolute Gasteiger partial charge is 0.492 e. The van der Waals surface area contributed by atoms with Crippen molar-refractivity contribution in [2.45, 2.75) is 20.4 Å². The first-order valence-electron chi connectivity index (χ1n) is 9.67. The molecular weight excluding hydrogens is 495 g/mol. The Labute approximate surface area is 195 Å². The van der Waals surface area contributed by atoms with E-state index >= 15 is 0 Å². The number of guanidine groups is 1. The van der Waals surface area contributed by atoms with E-state index in [0.29, 0.717) is 25.4 Å². The highest BCUT2D eigenvalue weighted by Gasteiger charge is 2.06. The van der Waals surface area contributed by atoms with Crippen LogP contribution >= 0.6 is 24.0 Å². The highest BCUT2D eigenvalue weighted by Crippen LogP contribution is 2.14. The summed E-state index contributed by atoms with van der Waals surface area (Å²) in [5.74, 6) is 1.75. The summed E-state index contributed by atoms with van der Waals surface area (Å²) < 4.78 is 11.2. The number of aliphatic imine (C=N–C) groups is 1. The molecule has 0 atom stereocenters. The van der Waals surface area contributed by atoms with Crippen molar-refractivity contribution in [2.75, 3.05) is 33.4 Å². The maximum atomic E-state index is 10.9. The number of benzene rings is 2. The molecule has 164 valence electrons. The number of carbonyl (C=O) groups is 1. The third-order valence-corrected chi connectivity index (χ3v) is 4.10. The van der Waals surface area contributed by atoms with Gasteiger partial charge < -0.3 is 25.4 Å². The first kappa shape index (κ1) is 25.5. The van der Waals surface area contributed by atoms with E-state index in [1.54, 1.807) is 6.07 Å². The van der Waals surface area contributed by atoms with E-state index in [0.717, 1.165) is 23.8 Å². The molecular formula is C22H31IN4O3. The number of nitrogens with two attached hydrogens (primary N) is 1. The summed E-state index contributed by atoms with van der Waals surface area (Å²) in [6.07, 6.45) is 0. The van der Waals surface area contributed by atoms with Crippen LogP contribution < -0.4 is 20.5 Å². The van der Waals surface area contributed by atoms with Crippen LogP contribution in [0.1, 0.15) is 18.1 Å². The SMILES string of the molecule is CCNC(=NCc1cccc(OCC(N)=O)c1)N(C)CCOc1ccc(C)cc1.I. The molecule has 0 aliphatic rings. The van der Waals surface area contributed by atoms with Crippen molar-refractivity contribution in [3.05, 3.63) is 59.7 Å². The molecule has 0 heterocycles. The Bertz CT molecular complexity index is 812. The van der Waals surface area contributed by atoms with E-state index in [2.05, 4.69) is 17.2 Å². The number of halogens is 1. The lowest BCUT2D eigenvalue weighted by Gasteiger charge is -2.22. The molecule has 3 N–H and O–H groups in total. The molecule has 0 spiro atoms. The number of hydrogen-bond donors (Lipinski definition) is 2. The van der Waals surface area contributed by atoms with Gasteiger partial charge in [-0.2, -0.15) is 0 Å². The summed E-state index contributed by atoms with van der Waals surface area (Å²) >= 11 is 0. The summed E-state index contributed by atoms with van der Waals surface area (Å²) in [6, 6.07) is 15.5. The Hall–Kier alpha value is -2.49. The number of aryl methyl sites for hydroxylation is 1. The number of likely N-dealkylation sites (N-methyl/N-ethyl adjacent to an activating group) is 1. The Morgan fingerprint density at radius 1 is 1.13 bits per heavy atom. The van der Waals surface area contributed by atoms with E-state index in [4.69, 9.17) is 15.2 Å². The van der Waals surface area contributed by atoms with Crippen LogP contribution in [0.25, 0.3) is 0 Å². The molecule has 0 aromatic heterocycles. The van der Waals surface area contributed by atoms with E-state index < -0.39 is 5.91 Å². The molecule has 0 saturated carbocycles. The zero-order valence-corrected chi connectivity index (χ0v) is 20.1. The highest BCUT2D eigenvalue weighted by atomic mass is 127. The van der Waals surface area contributed by atoms with Crippen LogP contribution in [0.4, 0.5) is 0 Å². The molecule has 0 unspecified atom stereocenters. The first-order chi connectivity index (χ1) is 14.0. The second kappa shape index (κ2) is 13.7. The Morgan fingerprint density at radius 3 is 2.53 bits per heavy atom. The summed E-state index contributed by atoms with van der Waals surface area (Å²) in [4.78, 5) is 17.6. The fourth-order valence-electron chi connectivity index (χ4n) is 2.56. The van der Waals surface area contributed by atoms with Crippen molar-refractivity contribution >= 4 is 35.8 Å². The van der Waals surface area contributed by atoms with E-state index in [9.17, 15) is 4.79 Å². The number of nitrogens with zero attached hydrogens (tertiary/aromatic N) is 2. The lowest BCUT2D eigenvalue weighted by Crippen LogP contribution is -2.40. The Balaban J connectivity index is 0.00000450. The van der Waals surface area contributed by atoms with Crippen molar-refractivity contribution in [1.29, 1.82) is 0 Å². The maximum absolute atomic E-state index is 10.9. The lowest BCUT2D eigenvalue weighted by atomic mass is 10.2. The smallest absolute Gasteiger partial charge is 0.255 e. The van der Waals surface area contributed by atoms with Crippen LogP contribution in [0.15, 0.2) is 53.5 Å². The van der Waals surface area contributed by atoms with E-state index in [1.807, 2.05) is 61.3 Å². The second-order valence-corrected chi connectivity index (χ2v) is 6.66. The minimum absolute atomic E-state index is 0. The van der Waals surface area contributed by atoms with Gasteiger partial charge in [-0.25, -0.2) is 4.99 Å². The number of ether oxygens (including phenoxy) is 2. The summed E-state index contributed by atoms with van der Waals surface area (Å²) in [6.45, 7) is 6.45. The van der Waals surface area contributed by atoms with Crippen molar-refractivity contribution in [2.24, 2.45) is 10.7 Å². The average molecular weight is 526 g/mol. The predicted octanol–water partition coefficient (Wildman–Crippen LogP) is 2.95. The van der Waals surface area contributed by atoms with Gasteiger partial charge in [0, 0.05) is 13.6 Å². The number of rotatable bonds is 10. The molecule has 0 aliphatic carbocycles. The molecule has 0 radical (unpaired) electrons. The van der Waals surface area contributed by atoms with Gasteiger partial charge in [-0.1, -0.05) is 29.8 Å². The van der Waals surface area contributed by atoms with Crippen LogP contribution in [0.2, 0.25) is 0 Å². The number of amides is 1. The quantitative estimate of drug-likeness (QED) is 0.283. The molecule has 0 bridgehead atoms. The van der Waals surface area contributed by atoms with Crippen LogP contribution in [-0.4, -0.2) is 50.1 Å². The van der Waals surface area contributed by atoms with E-state index in [-0.39, 0.29) is 30.6 Å². The zero-order chi connectivity index (χ0) is 21.1. The van der Waals surface area contributed by atoms with Crippen LogP contribution in [0.5, 0.6) is 11.5 Å². The van der Waals surface area contributed by atoms with Gasteiger partial charge in [0.15, 0.2) is 12.6 Å². The molecule has 2 rings (SSSR count). The molecule has 0 aliphatic heterocycles. The third kappa shape index (κ3) is 9.34. The fraction of sp³-hybridized carbons (Fsp3) is 0.364. The number of nitrogens with one attached hydrogen (secondary N) is 1. The molecule has 8 heteroatoms. The van der Waals surface area contributed by atoms with Gasteiger partial charge in [-0.3, -0.25) is 4.79 Å². The molecule has 2 aromatic carbocycles. The normalized spacial score (nSPS) is 10.7. The Morgan fingerprint density at radius 2 is 1.87 bits per heavy atom. The number of hydrogen-bond acceptors (Lipinski definition) is 4. The van der Waals surface area contributed by atoms with Crippen LogP contribution in [0, 0.1) is 6.92 Å². The molecule has 2 aromatic rings. The third-order valence-electron chi connectivity index (χ3n) is 4.10. The summed E-state index contributed by atoms with van der Waals surface area (Å²) in [5, 5.41) is 3.29. The van der Waals surface area contributed by atoms with Crippen molar-refractivity contribution in [3.8, 4) is 11.5 Å². The van der Waals surface area contributed by atoms with Crippen molar-refractivity contribution in [1.82, 2.24) is 10.2 Å². The fourth-order valence-corrected chi connectivity index (χ4v) is 2.56. The number of carbonyl (C=O) groups excluding carboxylic acids is 1. The Kier molecular flexibility index (Phi) is 11.7. The van der Waals surface area contributed by atoms with Gasteiger partial charge in [0.05, 0.1) is 13.1 Å². The molecule has 0 fully saturated rings. The minimum Gasteiger partial charge on any atom is -0.492 e. The first-order valence-corrected chi connectivity index (χ1v) is 9.67. The zero-order valence-electron chi connectivity index (χ0n) is 17.8. The van der Waals surface area contributed by atoms with Gasteiger partial charge in [0.1, 0.15) is 18.1 Å². The topological polar surface area (TPSA) is 89.2 Å². The summed E-state index contributed by atoms with van der Waals surface area (Å²) in [7, 11) is 1.98.